The van der Waals surface area contributed by atoms with Crippen LogP contribution in [0.4, 0.5) is 11.4 Å². The van der Waals surface area contributed by atoms with Crippen molar-refractivity contribution >= 4 is 11.4 Å². The Morgan fingerprint density at radius 3 is 2.72 bits per heavy atom. The van der Waals surface area contributed by atoms with Gasteiger partial charge in [-0.25, -0.2) is 4.98 Å². The molecule has 2 heterocycles. The molecule has 0 aliphatic rings. The van der Waals surface area contributed by atoms with Gasteiger partial charge in [-0.1, -0.05) is 0 Å². The fourth-order valence-electron chi connectivity index (χ4n) is 1.98. The number of anilines is 2. The highest BCUT2D eigenvalue weighted by atomic mass is 15.1. The van der Waals surface area contributed by atoms with E-state index in [2.05, 4.69) is 27.1 Å². The van der Waals surface area contributed by atoms with E-state index in [0.29, 0.717) is 0 Å². The SMILES string of the molecule is CC(Nc1cnccc1N(C)C)c1nccn1C. The lowest BCUT2D eigenvalue weighted by molar-refractivity contribution is 0.721. The molecule has 96 valence electrons. The second kappa shape index (κ2) is 5.08. The minimum Gasteiger partial charge on any atom is -0.376 e. The molecule has 0 aliphatic carbocycles. The molecule has 18 heavy (non-hydrogen) atoms. The van der Waals surface area contributed by atoms with E-state index in [1.54, 1.807) is 6.20 Å². The monoisotopic (exact) mass is 245 g/mol. The van der Waals surface area contributed by atoms with Gasteiger partial charge in [0.05, 0.1) is 23.6 Å². The first-order valence-corrected chi connectivity index (χ1v) is 5.94. The lowest BCUT2D eigenvalue weighted by atomic mass is 10.2. The number of hydrogen-bond donors (Lipinski definition) is 1. The van der Waals surface area contributed by atoms with Crippen molar-refractivity contribution < 1.29 is 0 Å². The molecule has 5 heteroatoms. The molecule has 0 radical (unpaired) electrons. The molecule has 0 aromatic carbocycles. The van der Waals surface area contributed by atoms with Gasteiger partial charge in [-0.3, -0.25) is 4.98 Å². The van der Waals surface area contributed by atoms with Crippen LogP contribution in [0.15, 0.2) is 30.9 Å². The number of rotatable bonds is 4. The Hall–Kier alpha value is -2.04. The van der Waals surface area contributed by atoms with Crippen molar-refractivity contribution in [1.82, 2.24) is 14.5 Å². The highest BCUT2D eigenvalue weighted by molar-refractivity contribution is 5.68. The summed E-state index contributed by atoms with van der Waals surface area (Å²) in [5.41, 5.74) is 2.13. The number of nitrogens with one attached hydrogen (secondary N) is 1. The molecule has 0 amide bonds. The number of pyridine rings is 1. The lowest BCUT2D eigenvalue weighted by Gasteiger charge is -2.21. The third-order valence-electron chi connectivity index (χ3n) is 2.90. The van der Waals surface area contributed by atoms with Crippen LogP contribution in [0.3, 0.4) is 0 Å². The minimum atomic E-state index is 0.132. The zero-order valence-corrected chi connectivity index (χ0v) is 11.3. The summed E-state index contributed by atoms with van der Waals surface area (Å²) in [5.74, 6) is 1.00. The van der Waals surface area contributed by atoms with Crippen molar-refractivity contribution in [2.24, 2.45) is 7.05 Å². The maximum atomic E-state index is 4.35. The van der Waals surface area contributed by atoms with E-state index in [9.17, 15) is 0 Å². The summed E-state index contributed by atoms with van der Waals surface area (Å²) < 4.78 is 2.02. The molecule has 1 N–H and O–H groups in total. The second-order valence-electron chi connectivity index (χ2n) is 4.55. The van der Waals surface area contributed by atoms with Gasteiger partial charge in [0.2, 0.25) is 0 Å². The van der Waals surface area contributed by atoms with Gasteiger partial charge in [0.1, 0.15) is 5.82 Å². The van der Waals surface area contributed by atoms with Crippen LogP contribution in [0.25, 0.3) is 0 Å². The van der Waals surface area contributed by atoms with Gasteiger partial charge in [0.25, 0.3) is 0 Å². The molecule has 5 nitrogen and oxygen atoms in total. The van der Waals surface area contributed by atoms with Gasteiger partial charge in [-0.15, -0.1) is 0 Å². The smallest absolute Gasteiger partial charge is 0.130 e. The van der Waals surface area contributed by atoms with Crippen molar-refractivity contribution in [2.75, 3.05) is 24.3 Å². The van der Waals surface area contributed by atoms with E-state index < -0.39 is 0 Å². The molecule has 2 aromatic heterocycles. The fraction of sp³-hybridized carbons (Fsp3) is 0.385. The predicted molar refractivity (Wildman–Crippen MR) is 73.8 cm³/mol. The minimum absolute atomic E-state index is 0.132. The van der Waals surface area contributed by atoms with Gasteiger partial charge in [-0.05, 0) is 13.0 Å². The summed E-state index contributed by atoms with van der Waals surface area (Å²) in [7, 11) is 6.04. The molecule has 0 aliphatic heterocycles. The third-order valence-corrected chi connectivity index (χ3v) is 2.90. The predicted octanol–water partition coefficient (Wildman–Crippen LogP) is 2.05. The van der Waals surface area contributed by atoms with Gasteiger partial charge in [-0.2, -0.15) is 0 Å². The van der Waals surface area contributed by atoms with E-state index in [0.717, 1.165) is 17.2 Å². The van der Waals surface area contributed by atoms with Crippen LogP contribution in [0.1, 0.15) is 18.8 Å². The standard InChI is InChI=1S/C13H19N5/c1-10(13-15-7-8-18(13)4)16-11-9-14-6-5-12(11)17(2)3/h5-10,16H,1-4H3. The first kappa shape index (κ1) is 12.4. The van der Waals surface area contributed by atoms with Crippen molar-refractivity contribution in [1.29, 1.82) is 0 Å². The van der Waals surface area contributed by atoms with Crippen molar-refractivity contribution in [2.45, 2.75) is 13.0 Å². The number of hydrogen-bond acceptors (Lipinski definition) is 4. The van der Waals surface area contributed by atoms with E-state index in [1.807, 2.05) is 50.4 Å². The number of imidazole rings is 1. The van der Waals surface area contributed by atoms with Crippen molar-refractivity contribution in [3.05, 3.63) is 36.7 Å². The molecule has 1 atom stereocenters. The zero-order chi connectivity index (χ0) is 13.1. The maximum absolute atomic E-state index is 4.35. The molecule has 0 saturated heterocycles. The van der Waals surface area contributed by atoms with E-state index in [1.165, 1.54) is 0 Å². The highest BCUT2D eigenvalue weighted by Crippen LogP contribution is 2.26. The Morgan fingerprint density at radius 1 is 1.33 bits per heavy atom. The molecule has 0 fully saturated rings. The highest BCUT2D eigenvalue weighted by Gasteiger charge is 2.12. The number of nitrogens with zero attached hydrogens (tertiary/aromatic N) is 4. The van der Waals surface area contributed by atoms with Crippen LogP contribution in [-0.2, 0) is 7.05 Å². The van der Waals surface area contributed by atoms with Crippen LogP contribution in [0, 0.1) is 0 Å². The van der Waals surface area contributed by atoms with Crippen LogP contribution >= 0.6 is 0 Å². The molecule has 2 aromatic rings. The largest absolute Gasteiger partial charge is 0.376 e. The van der Waals surface area contributed by atoms with Crippen molar-refractivity contribution in [3.63, 3.8) is 0 Å². The van der Waals surface area contributed by atoms with Crippen LogP contribution in [-0.4, -0.2) is 28.6 Å². The summed E-state index contributed by atoms with van der Waals surface area (Å²) in [6, 6.07) is 2.13. The molecular weight excluding hydrogens is 226 g/mol. The Morgan fingerprint density at radius 2 is 2.11 bits per heavy atom. The van der Waals surface area contributed by atoms with Crippen LogP contribution in [0.2, 0.25) is 0 Å². The summed E-state index contributed by atoms with van der Waals surface area (Å²) in [5, 5.41) is 3.45. The summed E-state index contributed by atoms with van der Waals surface area (Å²) >= 11 is 0. The van der Waals surface area contributed by atoms with Gasteiger partial charge >= 0.3 is 0 Å². The molecule has 1 unspecified atom stereocenters. The average Bonchev–Trinajstić information content (AvgIpc) is 2.76. The lowest BCUT2D eigenvalue weighted by Crippen LogP contribution is -2.16. The van der Waals surface area contributed by atoms with Gasteiger partial charge in [0, 0.05) is 39.7 Å². The van der Waals surface area contributed by atoms with E-state index >= 15 is 0 Å². The topological polar surface area (TPSA) is 46.0 Å². The number of aryl methyl sites for hydroxylation is 1. The summed E-state index contributed by atoms with van der Waals surface area (Å²) in [6.07, 6.45) is 7.40. The van der Waals surface area contributed by atoms with E-state index in [-0.39, 0.29) is 6.04 Å². The molecule has 0 bridgehead atoms. The third kappa shape index (κ3) is 2.45. The number of aromatic nitrogens is 3. The zero-order valence-electron chi connectivity index (χ0n) is 11.3. The Balaban J connectivity index is 2.22. The summed E-state index contributed by atoms with van der Waals surface area (Å²) in [4.78, 5) is 10.6. The average molecular weight is 245 g/mol. The second-order valence-corrected chi connectivity index (χ2v) is 4.55. The fourth-order valence-corrected chi connectivity index (χ4v) is 1.98. The quantitative estimate of drug-likeness (QED) is 0.895. The Kier molecular flexibility index (Phi) is 3.50. The molecule has 0 spiro atoms. The van der Waals surface area contributed by atoms with Gasteiger partial charge in [0.15, 0.2) is 0 Å². The molecular formula is C13H19N5. The van der Waals surface area contributed by atoms with Crippen molar-refractivity contribution in [3.8, 4) is 0 Å². The first-order chi connectivity index (χ1) is 8.59. The van der Waals surface area contributed by atoms with E-state index in [4.69, 9.17) is 0 Å². The summed E-state index contributed by atoms with van der Waals surface area (Å²) in [6.45, 7) is 2.09. The van der Waals surface area contributed by atoms with Gasteiger partial charge < -0.3 is 14.8 Å². The molecule has 0 saturated carbocycles. The Labute approximate surface area is 107 Å². The Bertz CT molecular complexity index is 518. The maximum Gasteiger partial charge on any atom is 0.130 e. The van der Waals surface area contributed by atoms with Crippen LogP contribution < -0.4 is 10.2 Å². The normalized spacial score (nSPS) is 12.2. The molecule has 2 rings (SSSR count). The first-order valence-electron chi connectivity index (χ1n) is 5.94. The van der Waals surface area contributed by atoms with Crippen LogP contribution in [0.5, 0.6) is 0 Å².